The van der Waals surface area contributed by atoms with Crippen molar-refractivity contribution in [3.63, 3.8) is 0 Å². The molecule has 142 valence electrons. The number of nitrogens with zero attached hydrogens (tertiary/aromatic N) is 4. The summed E-state index contributed by atoms with van der Waals surface area (Å²) in [6.07, 6.45) is 3.17. The van der Waals surface area contributed by atoms with Gasteiger partial charge in [0.2, 0.25) is 5.28 Å². The summed E-state index contributed by atoms with van der Waals surface area (Å²) < 4.78 is 11.4. The van der Waals surface area contributed by atoms with E-state index in [2.05, 4.69) is 14.9 Å². The van der Waals surface area contributed by atoms with Crippen LogP contribution in [0.15, 0.2) is 42.7 Å². The molecule has 1 amide bonds. The topological polar surface area (TPSA) is 67.8 Å². The Morgan fingerprint density at radius 1 is 1.19 bits per heavy atom. The van der Waals surface area contributed by atoms with Crippen molar-refractivity contribution < 1.29 is 14.3 Å². The van der Waals surface area contributed by atoms with Crippen molar-refractivity contribution in [1.29, 1.82) is 0 Å². The third-order valence-electron chi connectivity index (χ3n) is 4.90. The molecule has 8 heteroatoms. The van der Waals surface area contributed by atoms with E-state index in [9.17, 15) is 4.79 Å². The number of ether oxygens (including phenoxy) is 2. The number of likely N-dealkylation sites (tertiary alicyclic amines) is 1. The molecule has 7 nitrogen and oxygen atoms in total. The largest absolute Gasteiger partial charge is 0.445 e. The van der Waals surface area contributed by atoms with Crippen molar-refractivity contribution in [3.8, 4) is 0 Å². The van der Waals surface area contributed by atoms with Gasteiger partial charge in [-0.25, -0.2) is 14.8 Å². The van der Waals surface area contributed by atoms with E-state index in [1.807, 2.05) is 30.3 Å². The van der Waals surface area contributed by atoms with Crippen LogP contribution in [-0.2, 0) is 22.6 Å². The Balaban J connectivity index is 1.36. The molecule has 0 aliphatic carbocycles. The Labute approximate surface area is 162 Å². The Morgan fingerprint density at radius 3 is 2.74 bits per heavy atom. The number of benzene rings is 1. The molecule has 27 heavy (non-hydrogen) atoms. The molecule has 2 atom stereocenters. The number of amides is 1. The Bertz CT molecular complexity index is 774. The minimum atomic E-state index is -0.283. The first kappa shape index (κ1) is 18.2. The van der Waals surface area contributed by atoms with Gasteiger partial charge in [0.1, 0.15) is 6.61 Å². The van der Waals surface area contributed by atoms with Crippen molar-refractivity contribution in [2.45, 2.75) is 25.3 Å². The molecule has 2 fully saturated rings. The van der Waals surface area contributed by atoms with Gasteiger partial charge in [0, 0.05) is 44.1 Å². The lowest BCUT2D eigenvalue weighted by atomic mass is 10.1. The second-order valence-corrected chi connectivity index (χ2v) is 7.10. The van der Waals surface area contributed by atoms with Crippen LogP contribution in [0, 0.1) is 0 Å². The van der Waals surface area contributed by atoms with Crippen LogP contribution in [0.2, 0.25) is 5.28 Å². The van der Waals surface area contributed by atoms with Gasteiger partial charge in [0.15, 0.2) is 0 Å². The molecule has 0 unspecified atom stereocenters. The molecule has 1 aromatic carbocycles. The molecule has 1 aromatic heterocycles. The minimum absolute atomic E-state index is 0.00348. The summed E-state index contributed by atoms with van der Waals surface area (Å²) in [5, 5.41) is 0.240. The van der Waals surface area contributed by atoms with Crippen molar-refractivity contribution in [1.82, 2.24) is 19.8 Å². The van der Waals surface area contributed by atoms with E-state index in [0.717, 1.165) is 24.2 Å². The van der Waals surface area contributed by atoms with E-state index in [1.54, 1.807) is 17.3 Å². The summed E-state index contributed by atoms with van der Waals surface area (Å²) in [5.74, 6) is 0. The maximum atomic E-state index is 12.6. The molecule has 2 aliphatic heterocycles. The highest BCUT2D eigenvalue weighted by Crippen LogP contribution is 2.25. The molecule has 2 aliphatic rings. The number of rotatable bonds is 4. The third kappa shape index (κ3) is 4.37. The van der Waals surface area contributed by atoms with Crippen molar-refractivity contribution in [3.05, 3.63) is 59.1 Å². The van der Waals surface area contributed by atoms with Crippen molar-refractivity contribution in [2.24, 2.45) is 0 Å². The first-order valence-electron chi connectivity index (χ1n) is 8.97. The second-order valence-electron chi connectivity index (χ2n) is 6.76. The number of halogens is 1. The lowest BCUT2D eigenvalue weighted by molar-refractivity contribution is -0.0446. The first-order chi connectivity index (χ1) is 13.2. The molecule has 0 saturated carbocycles. The smallest absolute Gasteiger partial charge is 0.410 e. The molecule has 4 rings (SSSR count). The molecule has 3 heterocycles. The zero-order valence-electron chi connectivity index (χ0n) is 14.8. The van der Waals surface area contributed by atoms with Crippen LogP contribution < -0.4 is 0 Å². The van der Waals surface area contributed by atoms with Crippen LogP contribution in [0.25, 0.3) is 0 Å². The summed E-state index contributed by atoms with van der Waals surface area (Å²) in [6, 6.07) is 9.70. The molecule has 0 N–H and O–H groups in total. The van der Waals surface area contributed by atoms with E-state index < -0.39 is 0 Å². The van der Waals surface area contributed by atoms with Crippen molar-refractivity contribution in [2.75, 3.05) is 26.2 Å². The van der Waals surface area contributed by atoms with E-state index >= 15 is 0 Å². The van der Waals surface area contributed by atoms with Crippen LogP contribution in [-0.4, -0.2) is 64.2 Å². The van der Waals surface area contributed by atoms with Crippen LogP contribution in [0.4, 0.5) is 4.79 Å². The van der Waals surface area contributed by atoms with E-state index in [-0.39, 0.29) is 30.1 Å². The monoisotopic (exact) mass is 388 g/mol. The lowest BCUT2D eigenvalue weighted by Gasteiger charge is -2.36. The van der Waals surface area contributed by atoms with Gasteiger partial charge in [-0.15, -0.1) is 0 Å². The molecule has 0 radical (unpaired) electrons. The fourth-order valence-corrected chi connectivity index (χ4v) is 3.70. The number of morpholine rings is 1. The van der Waals surface area contributed by atoms with E-state index in [1.165, 1.54) is 0 Å². The summed E-state index contributed by atoms with van der Waals surface area (Å²) in [4.78, 5) is 24.7. The maximum Gasteiger partial charge on any atom is 0.410 e. The van der Waals surface area contributed by atoms with Gasteiger partial charge in [-0.2, -0.15) is 0 Å². The highest BCUT2D eigenvalue weighted by molar-refractivity contribution is 6.28. The van der Waals surface area contributed by atoms with E-state index in [4.69, 9.17) is 21.1 Å². The average molecular weight is 389 g/mol. The molecular formula is C19H21ClN4O3. The summed E-state index contributed by atoms with van der Waals surface area (Å²) in [7, 11) is 0. The van der Waals surface area contributed by atoms with E-state index in [0.29, 0.717) is 19.7 Å². The highest BCUT2D eigenvalue weighted by Gasteiger charge is 2.42. The minimum Gasteiger partial charge on any atom is -0.445 e. The van der Waals surface area contributed by atoms with Crippen LogP contribution >= 0.6 is 11.6 Å². The van der Waals surface area contributed by atoms with Gasteiger partial charge in [0.05, 0.1) is 18.8 Å². The second kappa shape index (κ2) is 8.21. The molecule has 0 spiro atoms. The lowest BCUT2D eigenvalue weighted by Crippen LogP contribution is -2.53. The SMILES string of the molecule is O=C(OCc1ccccc1)N1CCO[C@@H]2CN(Cc3cnc(Cl)nc3)C[C@@H]21. The maximum absolute atomic E-state index is 12.6. The summed E-state index contributed by atoms with van der Waals surface area (Å²) in [5.41, 5.74) is 1.96. The fourth-order valence-electron chi connectivity index (χ4n) is 3.60. The normalized spacial score (nSPS) is 22.5. The zero-order chi connectivity index (χ0) is 18.6. The molecule has 2 aromatic rings. The standard InChI is InChI=1S/C19H21ClN4O3/c20-18-21-8-15(9-22-18)10-23-11-16-17(12-23)26-7-6-24(16)19(25)27-13-14-4-2-1-3-5-14/h1-5,8-9,16-17H,6-7,10-13H2/t16-,17+/m0/s1. The van der Waals surface area contributed by atoms with Gasteiger partial charge >= 0.3 is 6.09 Å². The predicted octanol–water partition coefficient (Wildman–Crippen LogP) is 2.35. The van der Waals surface area contributed by atoms with Gasteiger partial charge < -0.3 is 9.47 Å². The van der Waals surface area contributed by atoms with Gasteiger partial charge in [-0.05, 0) is 17.2 Å². The molecule has 2 saturated heterocycles. The number of hydrogen-bond donors (Lipinski definition) is 0. The quantitative estimate of drug-likeness (QED) is 0.749. The Morgan fingerprint density at radius 2 is 1.96 bits per heavy atom. The van der Waals surface area contributed by atoms with Crippen LogP contribution in [0.1, 0.15) is 11.1 Å². The first-order valence-corrected chi connectivity index (χ1v) is 9.34. The zero-order valence-corrected chi connectivity index (χ0v) is 15.6. The van der Waals surface area contributed by atoms with Crippen LogP contribution in [0.5, 0.6) is 0 Å². The number of carbonyl (C=O) groups is 1. The molecular weight excluding hydrogens is 368 g/mol. The summed E-state index contributed by atoms with van der Waals surface area (Å²) in [6.45, 7) is 3.54. The number of aromatic nitrogens is 2. The van der Waals surface area contributed by atoms with Crippen molar-refractivity contribution >= 4 is 17.7 Å². The number of hydrogen-bond acceptors (Lipinski definition) is 6. The van der Waals surface area contributed by atoms with Gasteiger partial charge in [-0.1, -0.05) is 30.3 Å². The fraction of sp³-hybridized carbons (Fsp3) is 0.421. The van der Waals surface area contributed by atoms with Crippen LogP contribution in [0.3, 0.4) is 0 Å². The highest BCUT2D eigenvalue weighted by atomic mass is 35.5. The number of carbonyl (C=O) groups excluding carboxylic acids is 1. The molecule has 0 bridgehead atoms. The Hall–Kier alpha value is -2.22. The van der Waals surface area contributed by atoms with Gasteiger partial charge in [0.25, 0.3) is 0 Å². The summed E-state index contributed by atoms with van der Waals surface area (Å²) >= 11 is 5.74. The average Bonchev–Trinajstić information content (AvgIpc) is 3.11. The predicted molar refractivity (Wildman–Crippen MR) is 99.2 cm³/mol. The third-order valence-corrected chi connectivity index (χ3v) is 5.09. The van der Waals surface area contributed by atoms with Gasteiger partial charge in [-0.3, -0.25) is 9.80 Å². The number of fused-ring (bicyclic) bond motifs is 1. The Kier molecular flexibility index (Phi) is 5.52.